The molecule has 0 unspecified atom stereocenters. The Morgan fingerprint density at radius 3 is 2.63 bits per heavy atom. The SMILES string of the molecule is CC/C=C(\N=C(\C)CC=CCC#N)C1CCCCC1. The van der Waals surface area contributed by atoms with Crippen molar-refractivity contribution in [2.24, 2.45) is 10.9 Å². The molecule has 0 heterocycles. The van der Waals surface area contributed by atoms with E-state index in [4.69, 9.17) is 10.3 Å². The van der Waals surface area contributed by atoms with E-state index in [1.807, 2.05) is 12.2 Å². The predicted octanol–water partition coefficient (Wildman–Crippen LogP) is 5.18. The molecule has 0 aromatic rings. The highest BCUT2D eigenvalue weighted by Crippen LogP contribution is 2.30. The van der Waals surface area contributed by atoms with Gasteiger partial charge < -0.3 is 0 Å². The van der Waals surface area contributed by atoms with Gasteiger partial charge in [0.1, 0.15) is 0 Å². The average Bonchev–Trinajstić information content (AvgIpc) is 2.44. The zero-order valence-electron chi connectivity index (χ0n) is 12.4. The molecule has 0 aliphatic heterocycles. The monoisotopic (exact) mass is 258 g/mol. The van der Waals surface area contributed by atoms with Crippen LogP contribution >= 0.6 is 0 Å². The first-order valence-corrected chi connectivity index (χ1v) is 7.54. The summed E-state index contributed by atoms with van der Waals surface area (Å²) in [4.78, 5) is 4.83. The third-order valence-corrected chi connectivity index (χ3v) is 3.55. The number of nitrogens with zero attached hydrogens (tertiary/aromatic N) is 2. The molecule has 19 heavy (non-hydrogen) atoms. The van der Waals surface area contributed by atoms with E-state index in [2.05, 4.69) is 26.0 Å². The van der Waals surface area contributed by atoms with Crippen LogP contribution in [0.15, 0.2) is 28.9 Å². The maximum atomic E-state index is 8.48. The minimum atomic E-state index is 0.494. The number of aliphatic imine (C=N–C) groups is 1. The van der Waals surface area contributed by atoms with Crippen molar-refractivity contribution >= 4 is 5.71 Å². The number of allylic oxidation sites excluding steroid dienone is 4. The quantitative estimate of drug-likeness (QED) is 0.477. The normalized spacial score (nSPS) is 18.8. The third-order valence-electron chi connectivity index (χ3n) is 3.55. The number of hydrogen-bond donors (Lipinski definition) is 0. The first-order chi connectivity index (χ1) is 9.27. The van der Waals surface area contributed by atoms with Gasteiger partial charge in [-0.15, -0.1) is 0 Å². The lowest BCUT2D eigenvalue weighted by Gasteiger charge is -2.22. The number of nitriles is 1. The summed E-state index contributed by atoms with van der Waals surface area (Å²) < 4.78 is 0. The summed E-state index contributed by atoms with van der Waals surface area (Å²) in [6.07, 6.45) is 15.4. The summed E-state index contributed by atoms with van der Waals surface area (Å²) in [6, 6.07) is 2.12. The molecule has 0 radical (unpaired) electrons. The number of rotatable bonds is 6. The van der Waals surface area contributed by atoms with E-state index in [0.717, 1.165) is 18.6 Å². The summed E-state index contributed by atoms with van der Waals surface area (Å²) in [7, 11) is 0. The Bertz CT molecular complexity index is 377. The second-order valence-electron chi connectivity index (χ2n) is 5.26. The Morgan fingerprint density at radius 2 is 2.00 bits per heavy atom. The largest absolute Gasteiger partial charge is 0.262 e. The van der Waals surface area contributed by atoms with Crippen LogP contribution in [-0.4, -0.2) is 5.71 Å². The topological polar surface area (TPSA) is 36.1 Å². The third kappa shape index (κ3) is 6.38. The molecule has 1 saturated carbocycles. The zero-order valence-corrected chi connectivity index (χ0v) is 12.4. The lowest BCUT2D eigenvalue weighted by Crippen LogP contribution is -2.09. The smallest absolute Gasteiger partial charge is 0.0663 e. The van der Waals surface area contributed by atoms with Gasteiger partial charge in [-0.25, -0.2) is 0 Å². The molecule has 0 saturated heterocycles. The summed E-state index contributed by atoms with van der Waals surface area (Å²) in [5, 5.41) is 8.48. The van der Waals surface area contributed by atoms with Crippen LogP contribution in [0.1, 0.15) is 65.2 Å². The van der Waals surface area contributed by atoms with Gasteiger partial charge in [0.25, 0.3) is 0 Å². The predicted molar refractivity (Wildman–Crippen MR) is 82.0 cm³/mol. The Kier molecular flexibility index (Phi) is 7.89. The van der Waals surface area contributed by atoms with Crippen LogP contribution in [-0.2, 0) is 0 Å². The Hall–Kier alpha value is -1.36. The van der Waals surface area contributed by atoms with Gasteiger partial charge in [-0.1, -0.05) is 44.4 Å². The van der Waals surface area contributed by atoms with Crippen molar-refractivity contribution < 1.29 is 0 Å². The van der Waals surface area contributed by atoms with Gasteiger partial charge in [0.15, 0.2) is 0 Å². The highest BCUT2D eigenvalue weighted by molar-refractivity contribution is 5.84. The van der Waals surface area contributed by atoms with E-state index in [9.17, 15) is 0 Å². The Labute approximate surface area is 117 Å². The van der Waals surface area contributed by atoms with E-state index < -0.39 is 0 Å². The molecular weight excluding hydrogens is 232 g/mol. The van der Waals surface area contributed by atoms with E-state index in [-0.39, 0.29) is 0 Å². The highest BCUT2D eigenvalue weighted by atomic mass is 14.8. The van der Waals surface area contributed by atoms with E-state index in [0.29, 0.717) is 12.3 Å². The minimum Gasteiger partial charge on any atom is -0.262 e. The van der Waals surface area contributed by atoms with Gasteiger partial charge in [0.2, 0.25) is 0 Å². The van der Waals surface area contributed by atoms with Gasteiger partial charge in [-0.3, -0.25) is 4.99 Å². The zero-order chi connectivity index (χ0) is 13.9. The molecule has 0 aromatic heterocycles. The summed E-state index contributed by atoms with van der Waals surface area (Å²) in [5.41, 5.74) is 2.45. The average molecular weight is 258 g/mol. The molecule has 104 valence electrons. The van der Waals surface area contributed by atoms with Crippen LogP contribution in [0.5, 0.6) is 0 Å². The van der Waals surface area contributed by atoms with Gasteiger partial charge in [0, 0.05) is 23.7 Å². The molecule has 0 atom stereocenters. The van der Waals surface area contributed by atoms with E-state index >= 15 is 0 Å². The van der Waals surface area contributed by atoms with Gasteiger partial charge in [-0.2, -0.15) is 5.26 Å². The summed E-state index contributed by atoms with van der Waals surface area (Å²) >= 11 is 0. The molecule has 1 fully saturated rings. The van der Waals surface area contributed by atoms with Crippen LogP contribution in [0.4, 0.5) is 0 Å². The second kappa shape index (κ2) is 9.55. The van der Waals surface area contributed by atoms with Crippen molar-refractivity contribution in [3.63, 3.8) is 0 Å². The van der Waals surface area contributed by atoms with Crippen molar-refractivity contribution in [1.82, 2.24) is 0 Å². The molecule has 2 nitrogen and oxygen atoms in total. The lowest BCUT2D eigenvalue weighted by molar-refractivity contribution is 0.400. The second-order valence-corrected chi connectivity index (χ2v) is 5.26. The minimum absolute atomic E-state index is 0.494. The van der Waals surface area contributed by atoms with E-state index in [1.165, 1.54) is 37.8 Å². The van der Waals surface area contributed by atoms with Gasteiger partial charge in [0.05, 0.1) is 12.5 Å². The fraction of sp³-hybridized carbons (Fsp3) is 0.647. The van der Waals surface area contributed by atoms with Crippen molar-refractivity contribution in [2.75, 3.05) is 0 Å². The van der Waals surface area contributed by atoms with Crippen LogP contribution in [0.25, 0.3) is 0 Å². The molecule has 1 aliphatic carbocycles. The van der Waals surface area contributed by atoms with E-state index in [1.54, 1.807) is 0 Å². The van der Waals surface area contributed by atoms with Crippen molar-refractivity contribution in [1.29, 1.82) is 5.26 Å². The van der Waals surface area contributed by atoms with Gasteiger partial charge in [-0.05, 0) is 26.2 Å². The first-order valence-electron chi connectivity index (χ1n) is 7.54. The van der Waals surface area contributed by atoms with Crippen molar-refractivity contribution in [3.8, 4) is 6.07 Å². The molecule has 0 bridgehead atoms. The van der Waals surface area contributed by atoms with Crippen LogP contribution in [0.2, 0.25) is 0 Å². The lowest BCUT2D eigenvalue weighted by atomic mass is 9.86. The molecule has 2 heteroatoms. The molecule has 0 N–H and O–H groups in total. The molecule has 0 amide bonds. The molecule has 1 aliphatic rings. The Morgan fingerprint density at radius 1 is 1.26 bits per heavy atom. The van der Waals surface area contributed by atoms with Crippen LogP contribution < -0.4 is 0 Å². The standard InChI is InChI=1S/C17H26N2/c1-3-10-17(16-12-7-4-8-13-16)19-15(2)11-6-5-9-14-18/h5-6,10,16H,3-4,7-9,11-13H2,1-2H3/b6-5?,17-10-,19-15-. The highest BCUT2D eigenvalue weighted by Gasteiger charge is 2.17. The van der Waals surface area contributed by atoms with Crippen LogP contribution in [0, 0.1) is 17.2 Å². The molecule has 0 aromatic carbocycles. The molecule has 1 rings (SSSR count). The summed E-state index contributed by atoms with van der Waals surface area (Å²) in [5.74, 6) is 0.673. The Balaban J connectivity index is 2.61. The van der Waals surface area contributed by atoms with Gasteiger partial charge >= 0.3 is 0 Å². The first kappa shape index (κ1) is 15.7. The molecule has 0 spiro atoms. The van der Waals surface area contributed by atoms with Crippen molar-refractivity contribution in [3.05, 3.63) is 23.9 Å². The number of hydrogen-bond acceptors (Lipinski definition) is 2. The van der Waals surface area contributed by atoms with Crippen LogP contribution in [0.3, 0.4) is 0 Å². The maximum absolute atomic E-state index is 8.48. The fourth-order valence-corrected chi connectivity index (χ4v) is 2.57. The van der Waals surface area contributed by atoms with Crippen molar-refractivity contribution in [2.45, 2.75) is 65.2 Å². The maximum Gasteiger partial charge on any atom is 0.0663 e. The fourth-order valence-electron chi connectivity index (χ4n) is 2.57. The molecular formula is C17H26N2. The summed E-state index contributed by atoms with van der Waals surface area (Å²) in [6.45, 7) is 4.27.